The van der Waals surface area contributed by atoms with Crippen molar-refractivity contribution >= 4 is 5.91 Å². The number of nitrogens with two attached hydrogens (primary N) is 1. The first-order valence-electron chi connectivity index (χ1n) is 9.65. The summed E-state index contributed by atoms with van der Waals surface area (Å²) in [5, 5.41) is 3.84. The Hall–Kier alpha value is -1.35. The van der Waals surface area contributed by atoms with Gasteiger partial charge in [-0.3, -0.25) is 4.79 Å². The molecular formula is C21H30N2O. The lowest BCUT2D eigenvalue weighted by molar-refractivity contribution is -0.123. The normalized spacial score (nSPS) is 36.5. The molecule has 1 atom stereocenters. The van der Waals surface area contributed by atoms with Crippen molar-refractivity contribution in [2.45, 2.75) is 56.9 Å². The number of carbonyl (C=O) groups is 1. The lowest BCUT2D eigenvalue weighted by Crippen LogP contribution is -2.55. The Morgan fingerprint density at radius 3 is 2.21 bits per heavy atom. The average molecular weight is 326 g/mol. The minimum atomic E-state index is -0.583. The number of benzene rings is 1. The standard InChI is InChI=1S/C21H30N2O/c1-21(20(22)24,18-5-3-2-4-6-18)7-8-23-19-16-10-14-9-15(12-16)13-17(19)11-14/h2-6,14-17,19,23H,7-13H2,1H3,(H2,22,24). The van der Waals surface area contributed by atoms with Crippen LogP contribution >= 0.6 is 0 Å². The molecule has 3 nitrogen and oxygen atoms in total. The zero-order chi connectivity index (χ0) is 16.7. The van der Waals surface area contributed by atoms with Crippen LogP contribution in [-0.4, -0.2) is 18.5 Å². The number of carbonyl (C=O) groups excluding carboxylic acids is 1. The van der Waals surface area contributed by atoms with Gasteiger partial charge in [0.15, 0.2) is 0 Å². The van der Waals surface area contributed by atoms with Gasteiger partial charge in [-0.1, -0.05) is 30.3 Å². The van der Waals surface area contributed by atoms with Crippen molar-refractivity contribution in [2.75, 3.05) is 6.54 Å². The Morgan fingerprint density at radius 2 is 1.67 bits per heavy atom. The summed E-state index contributed by atoms with van der Waals surface area (Å²) in [4.78, 5) is 12.1. The molecule has 4 bridgehead atoms. The van der Waals surface area contributed by atoms with Gasteiger partial charge >= 0.3 is 0 Å². The maximum atomic E-state index is 12.1. The first-order valence-corrected chi connectivity index (χ1v) is 9.65. The molecule has 0 aliphatic heterocycles. The zero-order valence-corrected chi connectivity index (χ0v) is 14.7. The van der Waals surface area contributed by atoms with E-state index in [1.807, 2.05) is 37.3 Å². The molecule has 0 radical (unpaired) electrons. The topological polar surface area (TPSA) is 55.1 Å². The molecular weight excluding hydrogens is 296 g/mol. The number of hydrogen-bond acceptors (Lipinski definition) is 2. The highest BCUT2D eigenvalue weighted by Gasteiger charge is 2.48. The van der Waals surface area contributed by atoms with Gasteiger partial charge in [0, 0.05) is 6.04 Å². The van der Waals surface area contributed by atoms with Gasteiger partial charge in [-0.05, 0) is 81.2 Å². The number of rotatable bonds is 6. The molecule has 0 saturated heterocycles. The van der Waals surface area contributed by atoms with Crippen LogP contribution in [0.3, 0.4) is 0 Å². The van der Waals surface area contributed by atoms with Gasteiger partial charge in [0.05, 0.1) is 5.41 Å². The van der Waals surface area contributed by atoms with Gasteiger partial charge in [0.2, 0.25) is 5.91 Å². The van der Waals surface area contributed by atoms with Gasteiger partial charge in [-0.25, -0.2) is 0 Å². The van der Waals surface area contributed by atoms with Crippen LogP contribution in [0.4, 0.5) is 0 Å². The van der Waals surface area contributed by atoms with Crippen LogP contribution in [0.5, 0.6) is 0 Å². The molecule has 3 heteroatoms. The summed E-state index contributed by atoms with van der Waals surface area (Å²) in [6.45, 7) is 2.87. The first kappa shape index (κ1) is 16.1. The molecule has 0 aromatic heterocycles. The predicted molar refractivity (Wildman–Crippen MR) is 96.4 cm³/mol. The Bertz CT molecular complexity index is 571. The molecule has 130 valence electrons. The molecule has 5 rings (SSSR count). The van der Waals surface area contributed by atoms with Crippen LogP contribution in [0.1, 0.15) is 51.0 Å². The first-order chi connectivity index (χ1) is 11.6. The Balaban J connectivity index is 1.40. The van der Waals surface area contributed by atoms with E-state index in [-0.39, 0.29) is 5.91 Å². The highest BCUT2D eigenvalue weighted by molar-refractivity contribution is 5.86. The molecule has 3 N–H and O–H groups in total. The molecule has 0 heterocycles. The summed E-state index contributed by atoms with van der Waals surface area (Å²) in [6, 6.07) is 10.7. The van der Waals surface area contributed by atoms with E-state index in [2.05, 4.69) is 5.32 Å². The fourth-order valence-electron chi connectivity index (χ4n) is 5.96. The summed E-state index contributed by atoms with van der Waals surface area (Å²) >= 11 is 0. The van der Waals surface area contributed by atoms with Crippen molar-refractivity contribution in [1.82, 2.24) is 5.32 Å². The highest BCUT2D eigenvalue weighted by Crippen LogP contribution is 2.53. The minimum Gasteiger partial charge on any atom is -0.369 e. The monoisotopic (exact) mass is 326 g/mol. The second-order valence-electron chi connectivity index (χ2n) is 8.72. The number of nitrogens with one attached hydrogen (secondary N) is 1. The van der Waals surface area contributed by atoms with Crippen LogP contribution in [0, 0.1) is 23.7 Å². The predicted octanol–water partition coefficient (Wildman–Crippen LogP) is 3.23. The molecule has 4 aliphatic rings. The maximum absolute atomic E-state index is 12.1. The second-order valence-corrected chi connectivity index (χ2v) is 8.72. The largest absolute Gasteiger partial charge is 0.369 e. The van der Waals surface area contributed by atoms with Gasteiger partial charge in [-0.15, -0.1) is 0 Å². The lowest BCUT2D eigenvalue weighted by atomic mass is 9.54. The van der Waals surface area contributed by atoms with Crippen molar-refractivity contribution in [3.8, 4) is 0 Å². The molecule has 24 heavy (non-hydrogen) atoms. The van der Waals surface area contributed by atoms with E-state index in [0.717, 1.165) is 42.2 Å². The summed E-state index contributed by atoms with van der Waals surface area (Å²) in [5.41, 5.74) is 6.22. The van der Waals surface area contributed by atoms with Gasteiger partial charge in [-0.2, -0.15) is 0 Å². The third kappa shape index (κ3) is 2.77. The van der Waals surface area contributed by atoms with E-state index in [9.17, 15) is 4.79 Å². The molecule has 4 fully saturated rings. The van der Waals surface area contributed by atoms with E-state index < -0.39 is 5.41 Å². The second kappa shape index (κ2) is 6.18. The summed E-state index contributed by atoms with van der Waals surface area (Å²) in [7, 11) is 0. The van der Waals surface area contributed by atoms with E-state index in [1.165, 1.54) is 32.1 Å². The van der Waals surface area contributed by atoms with E-state index in [4.69, 9.17) is 5.73 Å². The number of hydrogen-bond donors (Lipinski definition) is 2. The van der Waals surface area contributed by atoms with Crippen molar-refractivity contribution in [3.63, 3.8) is 0 Å². The highest BCUT2D eigenvalue weighted by atomic mass is 16.1. The van der Waals surface area contributed by atoms with Crippen LogP contribution < -0.4 is 11.1 Å². The van der Waals surface area contributed by atoms with Gasteiger partial charge < -0.3 is 11.1 Å². The van der Waals surface area contributed by atoms with Crippen molar-refractivity contribution < 1.29 is 4.79 Å². The third-order valence-corrected chi connectivity index (χ3v) is 7.19. The van der Waals surface area contributed by atoms with Gasteiger partial charge in [0.1, 0.15) is 0 Å². The Morgan fingerprint density at radius 1 is 1.08 bits per heavy atom. The van der Waals surface area contributed by atoms with Crippen LogP contribution in [-0.2, 0) is 10.2 Å². The summed E-state index contributed by atoms with van der Waals surface area (Å²) < 4.78 is 0. The Labute approximate surface area is 145 Å². The Kier molecular flexibility index (Phi) is 4.16. The van der Waals surface area contributed by atoms with Crippen LogP contribution in [0.25, 0.3) is 0 Å². The number of primary amides is 1. The smallest absolute Gasteiger partial charge is 0.227 e. The van der Waals surface area contributed by atoms with Crippen LogP contribution in [0.2, 0.25) is 0 Å². The fraction of sp³-hybridized carbons (Fsp3) is 0.667. The van der Waals surface area contributed by atoms with E-state index in [0.29, 0.717) is 6.04 Å². The summed E-state index contributed by atoms with van der Waals surface area (Å²) in [5.74, 6) is 3.53. The molecule has 1 amide bonds. The zero-order valence-electron chi connectivity index (χ0n) is 14.7. The van der Waals surface area contributed by atoms with Crippen LogP contribution in [0.15, 0.2) is 30.3 Å². The quantitative estimate of drug-likeness (QED) is 0.843. The van der Waals surface area contributed by atoms with E-state index in [1.54, 1.807) is 0 Å². The molecule has 4 saturated carbocycles. The number of amides is 1. The van der Waals surface area contributed by atoms with E-state index >= 15 is 0 Å². The molecule has 0 spiro atoms. The summed E-state index contributed by atoms with van der Waals surface area (Å²) in [6.07, 6.45) is 7.97. The maximum Gasteiger partial charge on any atom is 0.227 e. The van der Waals surface area contributed by atoms with Crippen molar-refractivity contribution in [3.05, 3.63) is 35.9 Å². The molecule has 4 aliphatic carbocycles. The third-order valence-electron chi connectivity index (χ3n) is 7.19. The molecule has 1 aromatic rings. The average Bonchev–Trinajstić information content (AvgIpc) is 2.57. The van der Waals surface area contributed by atoms with Gasteiger partial charge in [0.25, 0.3) is 0 Å². The fourth-order valence-corrected chi connectivity index (χ4v) is 5.96. The SMILES string of the molecule is CC(CCNC1C2CC3CC(C2)CC1C3)(C(N)=O)c1ccccc1. The van der Waals surface area contributed by atoms with Crippen molar-refractivity contribution in [1.29, 1.82) is 0 Å². The van der Waals surface area contributed by atoms with Crippen molar-refractivity contribution in [2.24, 2.45) is 29.4 Å². The molecule has 1 aromatic carbocycles. The lowest BCUT2D eigenvalue weighted by Gasteiger charge is -2.54. The molecule has 1 unspecified atom stereocenters. The minimum absolute atomic E-state index is 0.222.